The van der Waals surface area contributed by atoms with Gasteiger partial charge in [-0.15, -0.1) is 47.0 Å². The van der Waals surface area contributed by atoms with Gasteiger partial charge in [0.2, 0.25) is 0 Å². The van der Waals surface area contributed by atoms with Crippen molar-refractivity contribution >= 4 is 94.1 Å². The van der Waals surface area contributed by atoms with Gasteiger partial charge in [0, 0.05) is 21.0 Å². The van der Waals surface area contributed by atoms with Crippen LogP contribution in [0.2, 0.25) is 0 Å². The van der Waals surface area contributed by atoms with Gasteiger partial charge in [0.1, 0.15) is 0 Å². The molecule has 0 aromatic carbocycles. The van der Waals surface area contributed by atoms with E-state index in [4.69, 9.17) is 0 Å². The lowest BCUT2D eigenvalue weighted by atomic mass is 10.1. The zero-order valence-electron chi connectivity index (χ0n) is 18.2. The second kappa shape index (κ2) is 12.1. The van der Waals surface area contributed by atoms with Gasteiger partial charge < -0.3 is 0 Å². The lowest BCUT2D eigenvalue weighted by Crippen LogP contribution is -2.22. The van der Waals surface area contributed by atoms with Crippen LogP contribution < -0.4 is 0 Å². The Morgan fingerprint density at radius 3 is 0.833 bits per heavy atom. The fourth-order valence-corrected chi connectivity index (χ4v) is 18.4. The monoisotopic (exact) mass is 552 g/mol. The third kappa shape index (κ3) is 5.80. The first kappa shape index (κ1) is 25.1. The summed E-state index contributed by atoms with van der Waals surface area (Å²) < 4.78 is 9.57. The van der Waals surface area contributed by atoms with E-state index in [9.17, 15) is 0 Å². The summed E-state index contributed by atoms with van der Waals surface area (Å²) >= 11 is 17.2. The molecule has 168 valence electrons. The first-order valence-electron chi connectivity index (χ1n) is 11.3. The molecule has 0 radical (unpaired) electrons. The molecule has 4 rings (SSSR count). The van der Waals surface area contributed by atoms with Gasteiger partial charge in [-0.1, -0.05) is 100 Å². The lowest BCUT2D eigenvalue weighted by Gasteiger charge is -2.30. The average molecular weight is 553 g/mol. The molecule has 0 bridgehead atoms. The van der Waals surface area contributed by atoms with Gasteiger partial charge in [0.15, 0.2) is 0 Å². The van der Waals surface area contributed by atoms with Gasteiger partial charge >= 0.3 is 0 Å². The summed E-state index contributed by atoms with van der Waals surface area (Å²) in [4.78, 5) is 0. The minimum Gasteiger partial charge on any atom is -0.113 e. The highest BCUT2D eigenvalue weighted by Crippen LogP contribution is 2.70. The molecule has 0 spiro atoms. The highest BCUT2D eigenvalue weighted by atomic mass is 32.3. The smallest absolute Gasteiger partial charge is 0.0717 e. The normalized spacial score (nSPS) is 31.6. The van der Waals surface area contributed by atoms with Crippen molar-refractivity contribution in [3.8, 4) is 0 Å². The highest BCUT2D eigenvalue weighted by molar-refractivity contribution is 8.45. The van der Waals surface area contributed by atoms with Gasteiger partial charge in [0.05, 0.1) is 25.4 Å². The third-order valence-electron chi connectivity index (χ3n) is 5.40. The lowest BCUT2D eigenvalue weighted by molar-refractivity contribution is 0.655. The van der Waals surface area contributed by atoms with Crippen LogP contribution in [-0.4, -0.2) is 21.0 Å². The van der Waals surface area contributed by atoms with E-state index in [1.807, 2.05) is 0 Å². The van der Waals surface area contributed by atoms with E-state index >= 15 is 0 Å². The molecule has 0 N–H and O–H groups in total. The standard InChI is InChI=1S/C22H32S8/c1-5-9-13-14(10-6-2)24-18-17(23-13)27-21(28-18)22-29-19-20(30-22)26-16(12-8-4)15(25-19)11-7-3/h13-16H,5-12H2,1-4H3/t13-,14-,15-,16-/m1/s1. The molecule has 0 saturated carbocycles. The Morgan fingerprint density at radius 2 is 0.633 bits per heavy atom. The van der Waals surface area contributed by atoms with E-state index < -0.39 is 0 Å². The molecule has 4 aliphatic rings. The molecule has 0 amide bonds. The summed E-state index contributed by atoms with van der Waals surface area (Å²) in [5, 5.41) is 3.23. The molecule has 0 saturated heterocycles. The molecule has 0 aromatic heterocycles. The van der Waals surface area contributed by atoms with Crippen molar-refractivity contribution in [2.75, 3.05) is 0 Å². The molecule has 0 unspecified atom stereocenters. The summed E-state index contributed by atoms with van der Waals surface area (Å²) in [6.45, 7) is 9.38. The Bertz CT molecular complexity index is 609. The van der Waals surface area contributed by atoms with Crippen LogP contribution in [0.1, 0.15) is 79.1 Å². The van der Waals surface area contributed by atoms with Crippen molar-refractivity contribution in [3.63, 3.8) is 0 Å². The summed E-state index contributed by atoms with van der Waals surface area (Å²) in [6, 6.07) is 0. The van der Waals surface area contributed by atoms with E-state index in [2.05, 4.69) is 122 Å². The van der Waals surface area contributed by atoms with E-state index in [-0.39, 0.29) is 0 Å². The average Bonchev–Trinajstić information content (AvgIpc) is 3.32. The van der Waals surface area contributed by atoms with Crippen LogP contribution in [0.3, 0.4) is 0 Å². The second-order valence-corrected chi connectivity index (χ2v) is 18.5. The van der Waals surface area contributed by atoms with E-state index in [1.54, 1.807) is 25.4 Å². The quantitative estimate of drug-likeness (QED) is 0.288. The van der Waals surface area contributed by atoms with Crippen molar-refractivity contribution in [1.29, 1.82) is 0 Å². The Balaban J connectivity index is 1.44. The molecule has 0 aliphatic carbocycles. The topological polar surface area (TPSA) is 0 Å². The first-order valence-corrected chi connectivity index (χ1v) is 18.1. The summed E-state index contributed by atoms with van der Waals surface area (Å²) in [5.74, 6) is 0. The van der Waals surface area contributed by atoms with Crippen LogP contribution in [0.15, 0.2) is 25.4 Å². The van der Waals surface area contributed by atoms with Crippen LogP contribution in [0.5, 0.6) is 0 Å². The largest absolute Gasteiger partial charge is 0.113 e. The Hall–Kier alpha value is 2.02. The van der Waals surface area contributed by atoms with Crippen LogP contribution in [0, 0.1) is 0 Å². The molecule has 0 nitrogen and oxygen atoms in total. The first-order chi connectivity index (χ1) is 14.7. The van der Waals surface area contributed by atoms with Crippen molar-refractivity contribution in [1.82, 2.24) is 0 Å². The van der Waals surface area contributed by atoms with Crippen LogP contribution in [-0.2, 0) is 0 Å². The number of thioether (sulfide) groups is 8. The van der Waals surface area contributed by atoms with Gasteiger partial charge in [-0.3, -0.25) is 0 Å². The molecule has 4 heterocycles. The fraction of sp³-hybridized carbons (Fsp3) is 0.727. The molecule has 8 heteroatoms. The van der Waals surface area contributed by atoms with Gasteiger partial charge in [0.25, 0.3) is 0 Å². The SMILES string of the molecule is CCC[C@H]1SC2=C(SC(=C3SC4=C(S3)S[C@H](CCC)[C@@H](CCC)S4)S2)S[C@@H]1CCC. The van der Waals surface area contributed by atoms with Crippen LogP contribution in [0.4, 0.5) is 0 Å². The Kier molecular flexibility index (Phi) is 10.2. The summed E-state index contributed by atoms with van der Waals surface area (Å²) in [6.07, 6.45) is 10.7. The molecular weight excluding hydrogens is 521 g/mol. The van der Waals surface area contributed by atoms with Gasteiger partial charge in [-0.05, 0) is 25.7 Å². The number of hydrogen-bond acceptors (Lipinski definition) is 8. The molecule has 4 atom stereocenters. The van der Waals surface area contributed by atoms with Crippen LogP contribution in [0.25, 0.3) is 0 Å². The second-order valence-electron chi connectivity index (χ2n) is 7.91. The van der Waals surface area contributed by atoms with E-state index in [0.29, 0.717) is 0 Å². The minimum atomic E-state index is 0.807. The molecule has 0 aromatic rings. The van der Waals surface area contributed by atoms with Gasteiger partial charge in [-0.2, -0.15) is 0 Å². The Labute approximate surface area is 217 Å². The van der Waals surface area contributed by atoms with E-state index in [1.165, 1.54) is 51.4 Å². The summed E-state index contributed by atoms with van der Waals surface area (Å²) in [7, 11) is 0. The fourth-order valence-electron chi connectivity index (χ4n) is 3.97. The highest BCUT2D eigenvalue weighted by Gasteiger charge is 2.40. The maximum Gasteiger partial charge on any atom is 0.0717 e. The zero-order valence-corrected chi connectivity index (χ0v) is 24.8. The van der Waals surface area contributed by atoms with Gasteiger partial charge in [-0.25, -0.2) is 0 Å². The van der Waals surface area contributed by atoms with Crippen molar-refractivity contribution in [2.24, 2.45) is 0 Å². The predicted molar refractivity (Wildman–Crippen MR) is 157 cm³/mol. The third-order valence-corrected chi connectivity index (χ3v) is 18.7. The Morgan fingerprint density at radius 1 is 0.400 bits per heavy atom. The van der Waals surface area contributed by atoms with Crippen molar-refractivity contribution < 1.29 is 0 Å². The van der Waals surface area contributed by atoms with Crippen molar-refractivity contribution in [3.05, 3.63) is 25.4 Å². The maximum atomic E-state index is 2.34. The zero-order chi connectivity index (χ0) is 21.1. The van der Waals surface area contributed by atoms with Crippen LogP contribution >= 0.6 is 94.1 Å². The predicted octanol–water partition coefficient (Wildman–Crippen LogP) is 11.0. The number of hydrogen-bond donors (Lipinski definition) is 0. The number of rotatable bonds is 8. The maximum absolute atomic E-state index is 2.34. The summed E-state index contributed by atoms with van der Waals surface area (Å²) in [5.41, 5.74) is 0. The van der Waals surface area contributed by atoms with E-state index in [0.717, 1.165) is 21.0 Å². The minimum absolute atomic E-state index is 0.807. The molecular formula is C22H32S8. The molecule has 0 fully saturated rings. The molecule has 4 aliphatic heterocycles. The molecule has 30 heavy (non-hydrogen) atoms. The van der Waals surface area contributed by atoms with Crippen molar-refractivity contribution in [2.45, 2.75) is 100 Å².